The molecular weight excluding hydrogens is 416 g/mol. The lowest BCUT2D eigenvalue weighted by Crippen LogP contribution is -2.39. The largest absolute Gasteiger partial charge is 0.494 e. The molecule has 8 heteroatoms. The molecule has 0 saturated carbocycles. The van der Waals surface area contributed by atoms with Crippen LogP contribution in [0.15, 0.2) is 66.7 Å². The van der Waals surface area contributed by atoms with E-state index >= 15 is 0 Å². The van der Waals surface area contributed by atoms with Crippen molar-refractivity contribution >= 4 is 21.5 Å². The molecule has 31 heavy (non-hydrogen) atoms. The van der Waals surface area contributed by atoms with E-state index in [9.17, 15) is 18.3 Å². The second-order valence-electron chi connectivity index (χ2n) is 7.06. The molecule has 3 aromatic rings. The number of ketones is 1. The summed E-state index contributed by atoms with van der Waals surface area (Å²) < 4.78 is 32.6. The monoisotopic (exact) mass is 442 g/mol. The minimum Gasteiger partial charge on any atom is -0.494 e. The van der Waals surface area contributed by atoms with Crippen molar-refractivity contribution in [3.05, 3.63) is 83.7 Å². The van der Waals surface area contributed by atoms with E-state index in [4.69, 9.17) is 4.74 Å². The van der Waals surface area contributed by atoms with Gasteiger partial charge in [-0.25, -0.2) is 8.42 Å². The molecular formula is C23H26N2O5S. The number of carbonyl (C=O) groups is 1. The smallest absolute Gasteiger partial charge is 0.240 e. The number of aliphatic hydroxyl groups excluding tert-OH is 1. The number of rotatable bonds is 10. The summed E-state index contributed by atoms with van der Waals surface area (Å²) in [6.07, 6.45) is 0. The zero-order valence-corrected chi connectivity index (χ0v) is 18.3. The fourth-order valence-electron chi connectivity index (χ4n) is 3.08. The lowest BCUT2D eigenvalue weighted by atomic mass is 10.1. The maximum Gasteiger partial charge on any atom is 0.240 e. The van der Waals surface area contributed by atoms with Crippen LogP contribution in [0, 0.1) is 0 Å². The quantitative estimate of drug-likeness (QED) is 0.469. The van der Waals surface area contributed by atoms with Gasteiger partial charge in [-0.3, -0.25) is 9.10 Å². The molecule has 1 atom stereocenters. The Balaban J connectivity index is 1.85. The average molecular weight is 443 g/mol. The fraction of sp³-hybridized carbons (Fsp3) is 0.261. The van der Waals surface area contributed by atoms with E-state index in [1.165, 1.54) is 11.2 Å². The first-order chi connectivity index (χ1) is 14.9. The Labute approximate surface area is 182 Å². The van der Waals surface area contributed by atoms with Crippen molar-refractivity contribution in [2.75, 3.05) is 17.5 Å². The Morgan fingerprint density at radius 2 is 1.74 bits per heavy atom. The standard InChI is InChI=1S/C23H26N2O5S/c1-3-30-21-12-9-18(10-13-21)23(27)22-14-11-19(24-22)15-25(20-7-5-4-6-8-20)31(28,29)17(2)16-26/h4-14,17,24,26H,3,15-16H2,1-2H3. The van der Waals surface area contributed by atoms with Crippen molar-refractivity contribution in [2.45, 2.75) is 25.6 Å². The highest BCUT2D eigenvalue weighted by Crippen LogP contribution is 2.24. The molecule has 0 aliphatic rings. The van der Waals surface area contributed by atoms with Gasteiger partial charge in [0.2, 0.25) is 15.8 Å². The van der Waals surface area contributed by atoms with Crippen LogP contribution >= 0.6 is 0 Å². The topological polar surface area (TPSA) is 99.7 Å². The van der Waals surface area contributed by atoms with Gasteiger partial charge < -0.3 is 14.8 Å². The Kier molecular flexibility index (Phi) is 7.14. The molecule has 7 nitrogen and oxygen atoms in total. The lowest BCUT2D eigenvalue weighted by Gasteiger charge is -2.26. The molecule has 1 heterocycles. The number of hydrogen-bond donors (Lipinski definition) is 2. The number of para-hydroxylation sites is 1. The van der Waals surface area contributed by atoms with Crippen molar-refractivity contribution in [1.29, 1.82) is 0 Å². The van der Waals surface area contributed by atoms with E-state index in [2.05, 4.69) is 4.98 Å². The molecule has 0 spiro atoms. The normalized spacial score (nSPS) is 12.4. The van der Waals surface area contributed by atoms with Crippen LogP contribution in [0.25, 0.3) is 0 Å². The van der Waals surface area contributed by atoms with Gasteiger partial charge in [-0.2, -0.15) is 0 Å². The van der Waals surface area contributed by atoms with Crippen LogP contribution in [-0.2, 0) is 16.6 Å². The van der Waals surface area contributed by atoms with Crippen LogP contribution < -0.4 is 9.04 Å². The van der Waals surface area contributed by atoms with E-state index in [1.54, 1.807) is 66.7 Å². The summed E-state index contributed by atoms with van der Waals surface area (Å²) in [5, 5.41) is 8.46. The van der Waals surface area contributed by atoms with Crippen LogP contribution in [-0.4, -0.2) is 42.8 Å². The summed E-state index contributed by atoms with van der Waals surface area (Å²) >= 11 is 0. The molecule has 0 saturated heterocycles. The van der Waals surface area contributed by atoms with Gasteiger partial charge in [0, 0.05) is 11.3 Å². The molecule has 0 aliphatic heterocycles. The summed E-state index contributed by atoms with van der Waals surface area (Å²) in [5.74, 6) is 0.486. The lowest BCUT2D eigenvalue weighted by molar-refractivity contribution is 0.103. The fourth-order valence-corrected chi connectivity index (χ4v) is 4.44. The molecule has 0 aliphatic carbocycles. The second-order valence-corrected chi connectivity index (χ2v) is 9.34. The van der Waals surface area contributed by atoms with Gasteiger partial charge in [-0.15, -0.1) is 0 Å². The number of anilines is 1. The van der Waals surface area contributed by atoms with Crippen molar-refractivity contribution in [3.8, 4) is 5.75 Å². The summed E-state index contributed by atoms with van der Waals surface area (Å²) in [4.78, 5) is 15.8. The Morgan fingerprint density at radius 3 is 2.35 bits per heavy atom. The van der Waals surface area contributed by atoms with Crippen LogP contribution in [0.2, 0.25) is 0 Å². The maximum absolute atomic E-state index is 13.0. The van der Waals surface area contributed by atoms with Gasteiger partial charge in [-0.1, -0.05) is 18.2 Å². The molecule has 0 bridgehead atoms. The number of aliphatic hydroxyl groups is 1. The summed E-state index contributed by atoms with van der Waals surface area (Å²) in [5.41, 5.74) is 1.90. The third-order valence-corrected chi connectivity index (χ3v) is 6.97. The number of carbonyl (C=O) groups excluding carboxylic acids is 1. The summed E-state index contributed by atoms with van der Waals surface area (Å²) in [6, 6.07) is 18.9. The molecule has 0 radical (unpaired) electrons. The first kappa shape index (κ1) is 22.6. The number of aromatic amines is 1. The van der Waals surface area contributed by atoms with E-state index < -0.39 is 21.9 Å². The van der Waals surface area contributed by atoms with Crippen LogP contribution in [0.3, 0.4) is 0 Å². The van der Waals surface area contributed by atoms with Crippen molar-refractivity contribution in [2.24, 2.45) is 0 Å². The zero-order valence-electron chi connectivity index (χ0n) is 17.5. The summed E-state index contributed by atoms with van der Waals surface area (Å²) in [6.45, 7) is 3.41. The minimum absolute atomic E-state index is 0.00719. The Hall–Kier alpha value is -3.10. The zero-order chi connectivity index (χ0) is 22.4. The molecule has 3 rings (SSSR count). The van der Waals surface area contributed by atoms with Gasteiger partial charge in [0.25, 0.3) is 0 Å². The van der Waals surface area contributed by atoms with Crippen LogP contribution in [0.1, 0.15) is 35.6 Å². The van der Waals surface area contributed by atoms with E-state index in [0.29, 0.717) is 35.0 Å². The average Bonchev–Trinajstić information content (AvgIpc) is 3.26. The predicted octanol–water partition coefficient (Wildman–Crippen LogP) is 3.36. The Bertz CT molecular complexity index is 1110. The first-order valence-corrected chi connectivity index (χ1v) is 11.5. The number of nitrogens with zero attached hydrogens (tertiary/aromatic N) is 1. The van der Waals surface area contributed by atoms with Gasteiger partial charge >= 0.3 is 0 Å². The number of hydrogen-bond acceptors (Lipinski definition) is 5. The molecule has 2 aromatic carbocycles. The summed E-state index contributed by atoms with van der Waals surface area (Å²) in [7, 11) is -3.81. The van der Waals surface area contributed by atoms with Crippen LogP contribution in [0.4, 0.5) is 5.69 Å². The highest BCUT2D eigenvalue weighted by molar-refractivity contribution is 7.93. The highest BCUT2D eigenvalue weighted by Gasteiger charge is 2.29. The number of nitrogens with one attached hydrogen (secondary N) is 1. The molecule has 1 unspecified atom stereocenters. The van der Waals surface area contributed by atoms with Crippen LogP contribution in [0.5, 0.6) is 5.75 Å². The van der Waals surface area contributed by atoms with Gasteiger partial charge in [-0.05, 0) is 62.4 Å². The second kappa shape index (κ2) is 9.80. The van der Waals surface area contributed by atoms with Gasteiger partial charge in [0.05, 0.1) is 31.1 Å². The molecule has 2 N–H and O–H groups in total. The minimum atomic E-state index is -3.81. The number of sulfonamides is 1. The molecule has 0 amide bonds. The maximum atomic E-state index is 13.0. The van der Waals surface area contributed by atoms with Gasteiger partial charge in [0.1, 0.15) is 11.0 Å². The first-order valence-electron chi connectivity index (χ1n) is 9.99. The SMILES string of the molecule is CCOc1ccc(C(=O)c2ccc(CN(c3ccccc3)S(=O)(=O)C(C)CO)[nH]2)cc1. The van der Waals surface area contributed by atoms with Crippen molar-refractivity contribution < 1.29 is 23.1 Å². The molecule has 164 valence electrons. The molecule has 0 fully saturated rings. The number of H-pyrrole nitrogens is 1. The number of ether oxygens (including phenoxy) is 1. The van der Waals surface area contributed by atoms with E-state index in [1.807, 2.05) is 6.92 Å². The molecule has 1 aromatic heterocycles. The predicted molar refractivity (Wildman–Crippen MR) is 120 cm³/mol. The van der Waals surface area contributed by atoms with Crippen molar-refractivity contribution in [3.63, 3.8) is 0 Å². The Morgan fingerprint density at radius 1 is 1.06 bits per heavy atom. The third kappa shape index (κ3) is 5.15. The number of aromatic nitrogens is 1. The van der Waals surface area contributed by atoms with E-state index in [-0.39, 0.29) is 12.3 Å². The third-order valence-electron chi connectivity index (χ3n) is 4.85. The van der Waals surface area contributed by atoms with Gasteiger partial charge in [0.15, 0.2) is 0 Å². The number of benzene rings is 2. The van der Waals surface area contributed by atoms with Crippen molar-refractivity contribution in [1.82, 2.24) is 4.98 Å². The van der Waals surface area contributed by atoms with E-state index in [0.717, 1.165) is 0 Å². The highest BCUT2D eigenvalue weighted by atomic mass is 32.2.